The Morgan fingerprint density at radius 1 is 1.27 bits per heavy atom. The van der Waals surface area contributed by atoms with E-state index in [2.05, 4.69) is 15.5 Å². The number of nitrogens with zero attached hydrogens (tertiary/aromatic N) is 3. The molecule has 1 unspecified atom stereocenters. The molecule has 4 amide bonds. The van der Waals surface area contributed by atoms with Gasteiger partial charge in [0.15, 0.2) is 0 Å². The third-order valence-corrected chi connectivity index (χ3v) is 4.87. The molecular weight excluding hydrogens is 334 g/mol. The summed E-state index contributed by atoms with van der Waals surface area (Å²) < 4.78 is 0. The first kappa shape index (κ1) is 18.5. The molecule has 3 rings (SSSR count). The summed E-state index contributed by atoms with van der Waals surface area (Å²) in [7, 11) is 0. The Labute approximate surface area is 153 Å². The second kappa shape index (κ2) is 8.37. The van der Waals surface area contributed by atoms with E-state index in [1.54, 1.807) is 9.80 Å². The van der Waals surface area contributed by atoms with Crippen LogP contribution < -0.4 is 15.5 Å². The molecule has 2 aliphatic rings. The molecule has 2 saturated heterocycles. The average molecular weight is 361 g/mol. The summed E-state index contributed by atoms with van der Waals surface area (Å²) in [5.41, 5.74) is 1.45. The zero-order valence-electron chi connectivity index (χ0n) is 15.1. The number of benzene rings is 1. The van der Waals surface area contributed by atoms with E-state index in [1.165, 1.54) is 0 Å². The molecule has 0 aliphatic carbocycles. The van der Waals surface area contributed by atoms with E-state index in [1.807, 2.05) is 31.2 Å². The highest BCUT2D eigenvalue weighted by Gasteiger charge is 2.23. The molecule has 0 aromatic heterocycles. The minimum atomic E-state index is -0.305. The van der Waals surface area contributed by atoms with Crippen molar-refractivity contribution in [2.75, 3.05) is 56.0 Å². The van der Waals surface area contributed by atoms with Crippen LogP contribution in [-0.4, -0.2) is 78.9 Å². The lowest BCUT2D eigenvalue weighted by molar-refractivity contribution is 0.0812. The Balaban J connectivity index is 1.53. The zero-order valence-corrected chi connectivity index (χ0v) is 15.1. The van der Waals surface area contributed by atoms with Gasteiger partial charge in [0.2, 0.25) is 0 Å². The lowest BCUT2D eigenvalue weighted by atomic mass is 10.2. The van der Waals surface area contributed by atoms with Gasteiger partial charge in [-0.15, -0.1) is 0 Å². The molecule has 142 valence electrons. The fourth-order valence-corrected chi connectivity index (χ4v) is 3.23. The van der Waals surface area contributed by atoms with Crippen molar-refractivity contribution in [3.05, 3.63) is 24.3 Å². The van der Waals surface area contributed by atoms with Gasteiger partial charge in [-0.25, -0.2) is 9.59 Å². The number of carbonyl (C=O) groups is 2. The Kier molecular flexibility index (Phi) is 5.95. The predicted molar refractivity (Wildman–Crippen MR) is 101 cm³/mol. The third kappa shape index (κ3) is 4.44. The van der Waals surface area contributed by atoms with Crippen LogP contribution in [0.4, 0.5) is 21.0 Å². The van der Waals surface area contributed by atoms with E-state index in [0.29, 0.717) is 38.4 Å². The number of aliphatic hydroxyl groups excluding tert-OH is 1. The molecule has 8 nitrogen and oxygen atoms in total. The van der Waals surface area contributed by atoms with Gasteiger partial charge >= 0.3 is 12.1 Å². The summed E-state index contributed by atoms with van der Waals surface area (Å²) in [5, 5.41) is 15.4. The fourth-order valence-electron chi connectivity index (χ4n) is 3.23. The number of rotatable bonds is 5. The number of carbonyl (C=O) groups excluding carboxylic acids is 2. The Bertz CT molecular complexity index is 645. The fraction of sp³-hybridized carbons (Fsp3) is 0.556. The van der Waals surface area contributed by atoms with Crippen molar-refractivity contribution in [3.63, 3.8) is 0 Å². The van der Waals surface area contributed by atoms with E-state index >= 15 is 0 Å². The molecule has 2 heterocycles. The van der Waals surface area contributed by atoms with Crippen LogP contribution in [0.15, 0.2) is 24.3 Å². The molecule has 1 atom stereocenters. The first-order valence-corrected chi connectivity index (χ1v) is 9.18. The van der Waals surface area contributed by atoms with E-state index in [0.717, 1.165) is 25.2 Å². The monoisotopic (exact) mass is 361 g/mol. The van der Waals surface area contributed by atoms with Crippen LogP contribution in [0, 0.1) is 0 Å². The molecule has 1 aromatic carbocycles. The maximum absolute atomic E-state index is 12.5. The number of aliphatic hydroxyl groups is 1. The Morgan fingerprint density at radius 2 is 2.04 bits per heavy atom. The van der Waals surface area contributed by atoms with Crippen molar-refractivity contribution >= 4 is 23.4 Å². The minimum absolute atomic E-state index is 0.112. The van der Waals surface area contributed by atoms with Crippen LogP contribution in [0.2, 0.25) is 0 Å². The van der Waals surface area contributed by atoms with Crippen molar-refractivity contribution < 1.29 is 14.7 Å². The molecule has 3 N–H and O–H groups in total. The molecule has 0 radical (unpaired) electrons. The Hall–Kier alpha value is -2.32. The standard InChI is InChI=1S/C18H27N5O3/c1-2-16(24)13-21-8-10-22(11-9-21)18(26)20-14-4-3-5-15(12-14)23-7-6-19-17(23)25/h3-5,12,16,24H,2,6-11,13H2,1H3,(H,19,25)(H,20,26). The normalized spacial score (nSPS) is 19.4. The molecule has 0 saturated carbocycles. The summed E-state index contributed by atoms with van der Waals surface area (Å²) in [6, 6.07) is 7.08. The van der Waals surface area contributed by atoms with Gasteiger partial charge < -0.3 is 20.6 Å². The van der Waals surface area contributed by atoms with E-state index in [4.69, 9.17) is 0 Å². The van der Waals surface area contributed by atoms with Crippen LogP contribution in [-0.2, 0) is 0 Å². The maximum Gasteiger partial charge on any atom is 0.321 e. The average Bonchev–Trinajstić information content (AvgIpc) is 3.08. The van der Waals surface area contributed by atoms with Crippen molar-refractivity contribution in [2.45, 2.75) is 19.4 Å². The smallest absolute Gasteiger partial charge is 0.321 e. The van der Waals surface area contributed by atoms with Gasteiger partial charge in [0.1, 0.15) is 0 Å². The quantitative estimate of drug-likeness (QED) is 0.734. The van der Waals surface area contributed by atoms with Crippen LogP contribution in [0.1, 0.15) is 13.3 Å². The molecule has 1 aromatic rings. The van der Waals surface area contributed by atoms with Crippen LogP contribution in [0.3, 0.4) is 0 Å². The number of amides is 4. The number of hydrogen-bond acceptors (Lipinski definition) is 4. The maximum atomic E-state index is 12.5. The second-order valence-corrected chi connectivity index (χ2v) is 6.71. The molecule has 0 bridgehead atoms. The van der Waals surface area contributed by atoms with Crippen molar-refractivity contribution in [2.24, 2.45) is 0 Å². The Morgan fingerprint density at radius 3 is 2.69 bits per heavy atom. The SMILES string of the molecule is CCC(O)CN1CCN(C(=O)Nc2cccc(N3CCNC3=O)c2)CC1. The molecule has 0 spiro atoms. The van der Waals surface area contributed by atoms with Crippen molar-refractivity contribution in [1.29, 1.82) is 0 Å². The van der Waals surface area contributed by atoms with Crippen LogP contribution in [0.5, 0.6) is 0 Å². The highest BCUT2D eigenvalue weighted by molar-refractivity contribution is 5.95. The molecular formula is C18H27N5O3. The van der Waals surface area contributed by atoms with E-state index in [9.17, 15) is 14.7 Å². The van der Waals surface area contributed by atoms with Crippen LogP contribution in [0.25, 0.3) is 0 Å². The molecule has 8 heteroatoms. The largest absolute Gasteiger partial charge is 0.392 e. The molecule has 2 fully saturated rings. The predicted octanol–water partition coefficient (Wildman–Crippen LogP) is 1.14. The number of nitrogens with one attached hydrogen (secondary N) is 2. The van der Waals surface area contributed by atoms with Gasteiger partial charge in [-0.2, -0.15) is 0 Å². The van der Waals surface area contributed by atoms with Gasteiger partial charge in [-0.05, 0) is 24.6 Å². The summed E-state index contributed by atoms with van der Waals surface area (Å²) in [6.07, 6.45) is 0.437. The summed E-state index contributed by atoms with van der Waals surface area (Å²) in [4.78, 5) is 29.9. The van der Waals surface area contributed by atoms with Crippen LogP contribution >= 0.6 is 0 Å². The topological polar surface area (TPSA) is 88.2 Å². The highest BCUT2D eigenvalue weighted by atomic mass is 16.3. The lowest BCUT2D eigenvalue weighted by Gasteiger charge is -2.35. The number of hydrogen-bond donors (Lipinski definition) is 3. The third-order valence-electron chi connectivity index (χ3n) is 4.87. The summed E-state index contributed by atoms with van der Waals surface area (Å²) in [6.45, 7) is 6.68. The minimum Gasteiger partial charge on any atom is -0.392 e. The van der Waals surface area contributed by atoms with E-state index < -0.39 is 0 Å². The van der Waals surface area contributed by atoms with Crippen molar-refractivity contribution in [1.82, 2.24) is 15.1 Å². The first-order valence-electron chi connectivity index (χ1n) is 9.18. The first-order chi connectivity index (χ1) is 12.6. The molecule has 26 heavy (non-hydrogen) atoms. The second-order valence-electron chi connectivity index (χ2n) is 6.71. The summed E-state index contributed by atoms with van der Waals surface area (Å²) in [5.74, 6) is 0. The van der Waals surface area contributed by atoms with Gasteiger partial charge in [-0.1, -0.05) is 13.0 Å². The zero-order chi connectivity index (χ0) is 18.5. The number of piperazine rings is 1. The summed E-state index contributed by atoms with van der Waals surface area (Å²) >= 11 is 0. The van der Waals surface area contributed by atoms with Gasteiger partial charge in [0.05, 0.1) is 6.10 Å². The van der Waals surface area contributed by atoms with Gasteiger partial charge in [-0.3, -0.25) is 9.80 Å². The van der Waals surface area contributed by atoms with E-state index in [-0.39, 0.29) is 18.2 Å². The molecule has 2 aliphatic heterocycles. The highest BCUT2D eigenvalue weighted by Crippen LogP contribution is 2.21. The van der Waals surface area contributed by atoms with Gasteiger partial charge in [0.25, 0.3) is 0 Å². The number of urea groups is 2. The van der Waals surface area contributed by atoms with Gasteiger partial charge in [0, 0.05) is 57.2 Å². The lowest BCUT2D eigenvalue weighted by Crippen LogP contribution is -2.51. The number of β-amino-alcohol motifs (C(OH)–C–C–N with tert-alkyl or cyclic N) is 1. The number of anilines is 2. The van der Waals surface area contributed by atoms with Crippen molar-refractivity contribution in [3.8, 4) is 0 Å².